The molecule has 6 aliphatic rings. The van der Waals surface area contributed by atoms with Crippen molar-refractivity contribution in [3.05, 3.63) is 215 Å². The van der Waals surface area contributed by atoms with E-state index in [1.165, 1.54) is 0 Å². The van der Waals surface area contributed by atoms with Crippen molar-refractivity contribution in [2.75, 3.05) is 93.2 Å². The molecule has 3 heterocycles. The molecule has 0 atom stereocenters. The topological polar surface area (TPSA) is 137 Å². The van der Waals surface area contributed by atoms with Gasteiger partial charge in [0, 0.05) is 142 Å². The monoisotopic (exact) mass is 1460 g/mol. The molecule has 6 aromatic rings. The summed E-state index contributed by atoms with van der Waals surface area (Å²) in [6.07, 6.45) is 0. The van der Waals surface area contributed by atoms with Gasteiger partial charge in [0.2, 0.25) is 16.1 Å². The minimum absolute atomic E-state index is 0. The summed E-state index contributed by atoms with van der Waals surface area (Å²) >= 11 is -4.35. The number of carbonyl (C=O) groups is 3. The number of carbonyl (C=O) groups excluding carboxylic acids is 3. The van der Waals surface area contributed by atoms with Crippen molar-refractivity contribution in [3.8, 4) is 67.4 Å². The number of hydrogen-bond acceptors (Lipinski definition) is 12. The van der Waals surface area contributed by atoms with E-state index in [9.17, 15) is 0 Å². The van der Waals surface area contributed by atoms with E-state index in [4.69, 9.17) is 24.6 Å². The van der Waals surface area contributed by atoms with E-state index in [1.807, 2.05) is 72.8 Å². The SMILES string of the molecule is CCN(CC)c1ccc2c(-c3ccccc3C(=O)[O][Al]([O]C(=O)c3ccccc3-c3c4ccc(=[N+](CC)CC)cc-4oc4cc(N(CC)CC)ccc34)[O]C(=O)c3ccccc3-c3c4ccc(=[N+](CC)CC)cc-4oc4cc(N(CC)CC)ccc34)c3ccc(=[N+](CC)CC)cc-3oc2c1.Cl.Cl.Cl. The van der Waals surface area contributed by atoms with Crippen molar-refractivity contribution in [1.82, 2.24) is 13.7 Å². The van der Waals surface area contributed by atoms with Crippen LogP contribution in [0.25, 0.3) is 100 Å². The largest absolute Gasteiger partial charge is 1.20 e. The molecule has 12 rings (SSSR count). The summed E-state index contributed by atoms with van der Waals surface area (Å²) in [6.45, 7) is 35.0. The normalized spacial score (nSPS) is 11.1. The summed E-state index contributed by atoms with van der Waals surface area (Å²) in [5.74, 6) is -0.702. The van der Waals surface area contributed by atoms with Gasteiger partial charge in [0.25, 0.3) is 0 Å². The lowest BCUT2D eigenvalue weighted by molar-refractivity contribution is 0.0411. The molecule has 0 saturated heterocycles. The smallest absolute Gasteiger partial charge is 0.547 e. The fraction of sp³-hybridized carbons (Fsp3) is 0.286. The molecule has 3 aliphatic carbocycles. The molecule has 15 nitrogen and oxygen atoms in total. The van der Waals surface area contributed by atoms with Crippen molar-refractivity contribution >= 4 is 120 Å². The fourth-order valence-corrected chi connectivity index (χ4v) is 15.4. The highest BCUT2D eigenvalue weighted by Gasteiger charge is 2.51. The Bertz CT molecular complexity index is 4660. The van der Waals surface area contributed by atoms with Crippen LogP contribution < -0.4 is 44.5 Å². The van der Waals surface area contributed by atoms with Crippen molar-refractivity contribution in [2.45, 2.75) is 83.1 Å². The van der Waals surface area contributed by atoms with Gasteiger partial charge in [-0.1, -0.05) is 54.6 Å². The Hall–Kier alpha value is -9.40. The second kappa shape index (κ2) is 34.7. The minimum atomic E-state index is -4.35. The van der Waals surface area contributed by atoms with Crippen LogP contribution in [0, 0.1) is 0 Å². The highest BCUT2D eigenvalue weighted by Crippen LogP contribution is 2.46. The zero-order valence-corrected chi connectivity index (χ0v) is 64.6. The third kappa shape index (κ3) is 15.5. The Labute approximate surface area is 627 Å². The molecule has 0 fully saturated rings. The van der Waals surface area contributed by atoms with Crippen LogP contribution in [0.3, 0.4) is 0 Å². The fourth-order valence-electron chi connectivity index (χ4n) is 14.3. The van der Waals surface area contributed by atoms with Crippen LogP contribution in [0.5, 0.6) is 0 Å². The van der Waals surface area contributed by atoms with E-state index in [-0.39, 0.29) is 53.9 Å². The summed E-state index contributed by atoms with van der Waals surface area (Å²) in [4.78, 5) is 54.2. The first kappa shape index (κ1) is 77.8. The number of halogens is 3. The predicted molar refractivity (Wildman–Crippen MR) is 428 cm³/mol. The van der Waals surface area contributed by atoms with Crippen LogP contribution in [0.4, 0.5) is 17.1 Å². The molecule has 3 aliphatic heterocycles. The summed E-state index contributed by atoms with van der Waals surface area (Å²) in [5, 5.41) is 5.29. The molecule has 0 N–H and O–H groups in total. The molecule has 19 heteroatoms. The first-order valence-electron chi connectivity index (χ1n) is 35.7. The first-order valence-corrected chi connectivity index (χ1v) is 37.1. The van der Waals surface area contributed by atoms with Crippen molar-refractivity contribution in [3.63, 3.8) is 0 Å². The summed E-state index contributed by atoms with van der Waals surface area (Å²) in [5.41, 5.74) is 11.4. The van der Waals surface area contributed by atoms with Crippen molar-refractivity contribution in [1.29, 1.82) is 0 Å². The molecular weight excluding hydrogens is 1370 g/mol. The van der Waals surface area contributed by atoms with E-state index >= 15 is 14.4 Å². The zero-order valence-electron chi connectivity index (χ0n) is 61.0. The minimum Gasteiger partial charge on any atom is -0.547 e. The molecule has 0 unspecified atom stereocenters. The summed E-state index contributed by atoms with van der Waals surface area (Å²) in [6, 6.07) is 58.7. The van der Waals surface area contributed by atoms with Gasteiger partial charge in [0.15, 0.2) is 0 Å². The van der Waals surface area contributed by atoms with E-state index in [0.29, 0.717) is 50.7 Å². The highest BCUT2D eigenvalue weighted by atomic mass is 35.5. The molecule has 0 saturated carbocycles. The van der Waals surface area contributed by atoms with Gasteiger partial charge in [0.05, 0.1) is 34.9 Å². The van der Waals surface area contributed by atoms with Crippen LogP contribution >= 0.6 is 37.2 Å². The number of hydrogen-bond donors (Lipinski definition) is 0. The molecule has 0 radical (unpaired) electrons. The number of nitrogens with zero attached hydrogens (tertiary/aromatic N) is 6. The maximum Gasteiger partial charge on any atom is 1.20 e. The first-order chi connectivity index (χ1) is 48.8. The number of benzene rings is 9. The molecule has 0 spiro atoms. The zero-order chi connectivity index (χ0) is 70.3. The lowest BCUT2D eigenvalue weighted by atomic mass is 9.90. The number of anilines is 3. The Morgan fingerprint density at radius 3 is 0.816 bits per heavy atom. The van der Waals surface area contributed by atoms with Gasteiger partial charge < -0.3 is 39.3 Å². The lowest BCUT2D eigenvalue weighted by Gasteiger charge is -2.23. The molecule has 0 aromatic heterocycles. The Kier molecular flexibility index (Phi) is 26.2. The predicted octanol–water partition coefficient (Wildman–Crippen LogP) is 17.3. The van der Waals surface area contributed by atoms with Gasteiger partial charge in [-0.05, 0) is 173 Å². The maximum atomic E-state index is 15.8. The molecular formula is C84H93AlCl3N6O9+3. The van der Waals surface area contributed by atoms with E-state index in [2.05, 4.69) is 184 Å². The van der Waals surface area contributed by atoms with Gasteiger partial charge >= 0.3 is 33.1 Å². The molecule has 0 amide bonds. The summed E-state index contributed by atoms with van der Waals surface area (Å²) in [7, 11) is 0. The van der Waals surface area contributed by atoms with Crippen molar-refractivity contribution in [2.24, 2.45) is 0 Å². The van der Waals surface area contributed by atoms with E-state index in [0.717, 1.165) is 161 Å². The molecule has 103 heavy (non-hydrogen) atoms. The van der Waals surface area contributed by atoms with Crippen molar-refractivity contribution < 1.29 is 39.0 Å². The van der Waals surface area contributed by atoms with Crippen LogP contribution in [-0.2, 0) is 11.4 Å². The standard InChI is InChI=1S/3C28H30N2O3.Al.3ClH/c3*1-5-29(6-2)19-13-15-23-25(17-19)33-26-18-20(30(7-3)8-4)14-16-24(26)27(23)21-11-9-10-12-22(21)28(31)32;;;;/h3*9-18H,5-8H2,1-4H3;;3*1H/q;;;+3;;;. The van der Waals surface area contributed by atoms with Crippen LogP contribution in [0.15, 0.2) is 195 Å². The Morgan fingerprint density at radius 1 is 0.320 bits per heavy atom. The van der Waals surface area contributed by atoms with E-state index < -0.39 is 33.1 Å². The van der Waals surface area contributed by atoms with Crippen LogP contribution in [-0.4, -0.2) is 112 Å². The van der Waals surface area contributed by atoms with Gasteiger partial charge in [0.1, 0.15) is 73.3 Å². The van der Waals surface area contributed by atoms with Gasteiger partial charge in [-0.25, -0.2) is 28.1 Å². The molecule has 534 valence electrons. The van der Waals surface area contributed by atoms with E-state index in [1.54, 1.807) is 36.4 Å². The maximum absolute atomic E-state index is 15.8. The molecule has 0 bridgehead atoms. The Morgan fingerprint density at radius 2 is 0.573 bits per heavy atom. The number of rotatable bonds is 24. The quantitative estimate of drug-likeness (QED) is 0.0323. The third-order valence-electron chi connectivity index (χ3n) is 19.7. The van der Waals surface area contributed by atoms with Gasteiger partial charge in [-0.15, -0.1) is 37.2 Å². The van der Waals surface area contributed by atoms with Crippen LogP contribution in [0.1, 0.15) is 114 Å². The average Bonchev–Trinajstić information content (AvgIpc) is 0.758. The lowest BCUT2D eigenvalue weighted by Crippen LogP contribution is -2.35. The highest BCUT2D eigenvalue weighted by molar-refractivity contribution is 6.46. The van der Waals surface area contributed by atoms with Crippen LogP contribution in [0.2, 0.25) is 0 Å². The second-order valence-electron chi connectivity index (χ2n) is 24.7. The Balaban J connectivity index is 0.00000411. The van der Waals surface area contributed by atoms with Gasteiger partial charge in [-0.3, -0.25) is 0 Å². The third-order valence-corrected chi connectivity index (χ3v) is 20.9. The number of fused-ring (bicyclic) bond motifs is 6. The average molecular weight is 1460 g/mol. The molecule has 6 aromatic carbocycles. The van der Waals surface area contributed by atoms with Gasteiger partial charge in [-0.2, -0.15) is 0 Å². The second-order valence-corrected chi connectivity index (χ2v) is 26.0. The summed E-state index contributed by atoms with van der Waals surface area (Å²) < 4.78 is 47.2.